The number of nitrogens with zero attached hydrogens (tertiary/aromatic N) is 3. The van der Waals surface area contributed by atoms with Crippen LogP contribution < -0.4 is 15.4 Å². The predicted molar refractivity (Wildman–Crippen MR) is 100 cm³/mol. The molecule has 3 rings (SSSR count). The summed E-state index contributed by atoms with van der Waals surface area (Å²) in [5, 5.41) is 14.9. The summed E-state index contributed by atoms with van der Waals surface area (Å²) < 4.78 is 5.15. The first-order valence-corrected chi connectivity index (χ1v) is 8.07. The molecule has 1 heterocycles. The average Bonchev–Trinajstić information content (AvgIpc) is 2.59. The summed E-state index contributed by atoms with van der Waals surface area (Å²) in [7, 11) is 1.58. The molecule has 2 aromatic carbocycles. The van der Waals surface area contributed by atoms with Gasteiger partial charge in [0.1, 0.15) is 5.75 Å². The molecule has 128 valence electrons. The third-order valence-corrected chi connectivity index (χ3v) is 3.92. The van der Waals surface area contributed by atoms with Crippen LogP contribution in [-0.2, 0) is 0 Å². The highest BCUT2D eigenvalue weighted by Crippen LogP contribution is 2.28. The van der Waals surface area contributed by atoms with Gasteiger partial charge in [0.05, 0.1) is 18.3 Å². The van der Waals surface area contributed by atoms with Crippen LogP contribution in [0.5, 0.6) is 5.75 Å². The molecule has 6 nitrogen and oxygen atoms in total. The largest absolute Gasteiger partial charge is 0.495 e. The number of methoxy groups -OCH3 is 1. The molecular weight excluding hydrogens is 338 g/mol. The smallest absolute Gasteiger partial charge is 0.249 e. The molecule has 2 N–H and O–H groups in total. The number of aromatic nitrogens is 3. The number of halogens is 1. The number of anilines is 4. The molecular formula is C18H18ClN5O. The Morgan fingerprint density at radius 2 is 1.88 bits per heavy atom. The molecule has 0 amide bonds. The van der Waals surface area contributed by atoms with E-state index in [4.69, 9.17) is 16.3 Å². The lowest BCUT2D eigenvalue weighted by atomic mass is 10.1. The summed E-state index contributed by atoms with van der Waals surface area (Å²) >= 11 is 6.14. The first-order valence-electron chi connectivity index (χ1n) is 7.70. The molecule has 7 heteroatoms. The topological polar surface area (TPSA) is 72.0 Å². The lowest BCUT2D eigenvalue weighted by Gasteiger charge is -2.11. The summed E-state index contributed by atoms with van der Waals surface area (Å²) in [5.41, 5.74) is 3.99. The minimum absolute atomic E-state index is 0.415. The lowest BCUT2D eigenvalue weighted by Crippen LogP contribution is -2.03. The van der Waals surface area contributed by atoms with Crippen LogP contribution in [-0.4, -0.2) is 22.3 Å². The lowest BCUT2D eigenvalue weighted by molar-refractivity contribution is 0.415. The van der Waals surface area contributed by atoms with Crippen molar-refractivity contribution in [1.29, 1.82) is 0 Å². The minimum Gasteiger partial charge on any atom is -0.495 e. The average molecular weight is 356 g/mol. The molecule has 0 radical (unpaired) electrons. The highest BCUT2D eigenvalue weighted by Gasteiger charge is 2.06. The predicted octanol–water partition coefficient (Wildman–Crippen LogP) is 4.64. The van der Waals surface area contributed by atoms with Crippen LogP contribution in [0.4, 0.5) is 23.1 Å². The molecule has 0 spiro atoms. The molecule has 0 bridgehead atoms. The van der Waals surface area contributed by atoms with Gasteiger partial charge in [-0.1, -0.05) is 23.7 Å². The maximum Gasteiger partial charge on any atom is 0.249 e. The number of benzene rings is 2. The fraction of sp³-hybridized carbons (Fsp3) is 0.167. The van der Waals surface area contributed by atoms with Gasteiger partial charge in [0.25, 0.3) is 0 Å². The number of hydrogen-bond acceptors (Lipinski definition) is 6. The first-order chi connectivity index (χ1) is 12.0. The van der Waals surface area contributed by atoms with Crippen molar-refractivity contribution >= 4 is 34.7 Å². The number of rotatable bonds is 5. The van der Waals surface area contributed by atoms with Crippen LogP contribution in [0.2, 0.25) is 5.02 Å². The maximum absolute atomic E-state index is 6.14. The van der Waals surface area contributed by atoms with Crippen LogP contribution in [0.15, 0.2) is 42.6 Å². The summed E-state index contributed by atoms with van der Waals surface area (Å²) in [4.78, 5) is 4.44. The Kier molecular flexibility index (Phi) is 5.00. The fourth-order valence-corrected chi connectivity index (χ4v) is 2.56. The third-order valence-electron chi connectivity index (χ3n) is 3.62. The standard InChI is InChI=1S/C18H18ClN5O/c1-11-4-5-12(2)15(8-11)22-18-23-17(10-20-24-18)21-13-6-7-16(25-3)14(19)9-13/h4-10H,1-3H3,(H2,21,22,23,24). The number of hydrogen-bond donors (Lipinski definition) is 2. The van der Waals surface area contributed by atoms with Crippen molar-refractivity contribution in [1.82, 2.24) is 15.2 Å². The number of aryl methyl sites for hydroxylation is 2. The van der Waals surface area contributed by atoms with Crippen LogP contribution in [0.1, 0.15) is 11.1 Å². The Bertz CT molecular complexity index is 900. The van der Waals surface area contributed by atoms with Crippen LogP contribution in [0.25, 0.3) is 0 Å². The van der Waals surface area contributed by atoms with Gasteiger partial charge in [-0.15, -0.1) is 5.10 Å². The Balaban J connectivity index is 1.79. The van der Waals surface area contributed by atoms with Gasteiger partial charge in [-0.3, -0.25) is 0 Å². The van der Waals surface area contributed by atoms with Gasteiger partial charge in [-0.2, -0.15) is 10.1 Å². The van der Waals surface area contributed by atoms with E-state index in [1.165, 1.54) is 0 Å². The second-order valence-electron chi connectivity index (χ2n) is 5.58. The summed E-state index contributed by atoms with van der Waals surface area (Å²) in [5.74, 6) is 1.59. The van der Waals surface area contributed by atoms with E-state index in [0.717, 1.165) is 22.5 Å². The zero-order chi connectivity index (χ0) is 17.8. The van der Waals surface area contributed by atoms with Crippen molar-refractivity contribution < 1.29 is 4.74 Å². The van der Waals surface area contributed by atoms with E-state index < -0.39 is 0 Å². The van der Waals surface area contributed by atoms with Crippen LogP contribution in [0.3, 0.4) is 0 Å². The Labute approximate surface area is 151 Å². The maximum atomic E-state index is 6.14. The quantitative estimate of drug-likeness (QED) is 0.694. The Morgan fingerprint density at radius 3 is 2.64 bits per heavy atom. The molecule has 25 heavy (non-hydrogen) atoms. The second kappa shape index (κ2) is 7.36. The molecule has 0 aliphatic rings. The number of nitrogens with one attached hydrogen (secondary N) is 2. The van der Waals surface area contributed by atoms with Crippen molar-refractivity contribution in [3.8, 4) is 5.75 Å². The molecule has 0 saturated carbocycles. The highest BCUT2D eigenvalue weighted by molar-refractivity contribution is 6.32. The first kappa shape index (κ1) is 17.0. The van der Waals surface area contributed by atoms with E-state index in [-0.39, 0.29) is 0 Å². The molecule has 0 fully saturated rings. The van der Waals surface area contributed by atoms with Gasteiger partial charge in [0.15, 0.2) is 5.82 Å². The highest BCUT2D eigenvalue weighted by atomic mass is 35.5. The van der Waals surface area contributed by atoms with Crippen molar-refractivity contribution in [3.05, 3.63) is 58.7 Å². The SMILES string of the molecule is COc1ccc(Nc2cnnc(Nc3cc(C)ccc3C)n2)cc1Cl. The van der Waals surface area contributed by atoms with E-state index >= 15 is 0 Å². The van der Waals surface area contributed by atoms with E-state index in [2.05, 4.69) is 31.9 Å². The van der Waals surface area contributed by atoms with Crippen LogP contribution >= 0.6 is 11.6 Å². The molecule has 0 saturated heterocycles. The zero-order valence-corrected chi connectivity index (χ0v) is 14.9. The van der Waals surface area contributed by atoms with Crippen molar-refractivity contribution in [2.45, 2.75) is 13.8 Å². The van der Waals surface area contributed by atoms with Crippen LogP contribution in [0, 0.1) is 13.8 Å². The van der Waals surface area contributed by atoms with Gasteiger partial charge in [0, 0.05) is 11.4 Å². The van der Waals surface area contributed by atoms with Gasteiger partial charge in [-0.25, -0.2) is 0 Å². The van der Waals surface area contributed by atoms with Crippen molar-refractivity contribution in [3.63, 3.8) is 0 Å². The third kappa shape index (κ3) is 4.16. The molecule has 3 aromatic rings. The van der Waals surface area contributed by atoms with Crippen molar-refractivity contribution in [2.75, 3.05) is 17.7 Å². The summed E-state index contributed by atoms with van der Waals surface area (Å²) in [6.07, 6.45) is 1.55. The van der Waals surface area contributed by atoms with E-state index in [1.807, 2.05) is 32.0 Å². The summed E-state index contributed by atoms with van der Waals surface area (Å²) in [6, 6.07) is 11.6. The van der Waals surface area contributed by atoms with Gasteiger partial charge in [-0.05, 0) is 49.2 Å². The minimum atomic E-state index is 0.415. The fourth-order valence-electron chi connectivity index (χ4n) is 2.30. The molecule has 1 aromatic heterocycles. The van der Waals surface area contributed by atoms with E-state index in [0.29, 0.717) is 22.5 Å². The molecule has 0 aliphatic heterocycles. The zero-order valence-electron chi connectivity index (χ0n) is 14.2. The molecule has 0 atom stereocenters. The van der Waals surface area contributed by atoms with E-state index in [9.17, 15) is 0 Å². The van der Waals surface area contributed by atoms with E-state index in [1.54, 1.807) is 25.4 Å². The monoisotopic (exact) mass is 355 g/mol. The van der Waals surface area contributed by atoms with Gasteiger partial charge in [0.2, 0.25) is 5.95 Å². The van der Waals surface area contributed by atoms with Crippen molar-refractivity contribution in [2.24, 2.45) is 0 Å². The molecule has 0 aliphatic carbocycles. The number of ether oxygens (including phenoxy) is 1. The van der Waals surface area contributed by atoms with Gasteiger partial charge < -0.3 is 15.4 Å². The Hall–Kier alpha value is -2.86. The summed E-state index contributed by atoms with van der Waals surface area (Å²) in [6.45, 7) is 4.06. The second-order valence-corrected chi connectivity index (χ2v) is 5.99. The molecule has 0 unspecified atom stereocenters. The Morgan fingerprint density at radius 1 is 1.04 bits per heavy atom. The normalized spacial score (nSPS) is 10.4. The van der Waals surface area contributed by atoms with Gasteiger partial charge >= 0.3 is 0 Å².